The molecule has 0 aromatic heterocycles. The number of aryl methyl sites for hydroxylation is 2. The van der Waals surface area contributed by atoms with Crippen LogP contribution in [-0.2, 0) is 26.2 Å². The van der Waals surface area contributed by atoms with Crippen molar-refractivity contribution in [2.75, 3.05) is 10.8 Å². The topological polar surface area (TPSA) is 86.8 Å². The third kappa shape index (κ3) is 7.29. The van der Waals surface area contributed by atoms with E-state index in [1.54, 1.807) is 36.4 Å². The Balaban J connectivity index is 1.74. The highest BCUT2D eigenvalue weighted by molar-refractivity contribution is 7.92. The summed E-state index contributed by atoms with van der Waals surface area (Å²) in [4.78, 5) is 29.3. The molecule has 0 aliphatic heterocycles. The third-order valence-corrected chi connectivity index (χ3v) is 9.76. The number of carbonyl (C=O) groups is 2. The number of sulfonamides is 1. The van der Waals surface area contributed by atoms with Crippen LogP contribution < -0.4 is 9.62 Å². The first-order chi connectivity index (χ1) is 19.6. The number of nitrogens with one attached hydrogen (secondary N) is 1. The Hall–Kier alpha value is -3.36. The number of anilines is 1. The van der Waals surface area contributed by atoms with E-state index >= 15 is 0 Å². The first kappa shape index (κ1) is 30.6. The first-order valence-corrected chi connectivity index (χ1v) is 15.9. The van der Waals surface area contributed by atoms with Gasteiger partial charge in [0, 0.05) is 17.6 Å². The minimum absolute atomic E-state index is 0.0706. The van der Waals surface area contributed by atoms with Crippen molar-refractivity contribution in [1.82, 2.24) is 10.2 Å². The minimum Gasteiger partial charge on any atom is -0.352 e. The molecule has 7 nitrogen and oxygen atoms in total. The van der Waals surface area contributed by atoms with Gasteiger partial charge in [-0.05, 0) is 68.5 Å². The van der Waals surface area contributed by atoms with Gasteiger partial charge in [-0.15, -0.1) is 0 Å². The molecule has 1 atom stereocenters. The summed E-state index contributed by atoms with van der Waals surface area (Å²) in [5, 5.41) is 3.60. The van der Waals surface area contributed by atoms with Crippen LogP contribution in [0.1, 0.15) is 55.7 Å². The lowest BCUT2D eigenvalue weighted by molar-refractivity contribution is -0.140. The summed E-state index contributed by atoms with van der Waals surface area (Å²) in [5.41, 5.74) is 2.79. The Morgan fingerprint density at radius 1 is 0.976 bits per heavy atom. The summed E-state index contributed by atoms with van der Waals surface area (Å²) in [5.74, 6) is -0.721. The van der Waals surface area contributed by atoms with Gasteiger partial charge in [-0.25, -0.2) is 8.42 Å². The van der Waals surface area contributed by atoms with Crippen molar-refractivity contribution < 1.29 is 18.0 Å². The molecule has 1 N–H and O–H groups in total. The molecule has 218 valence electrons. The van der Waals surface area contributed by atoms with E-state index < -0.39 is 28.5 Å². The van der Waals surface area contributed by atoms with Crippen LogP contribution in [0.5, 0.6) is 0 Å². The van der Waals surface area contributed by atoms with Crippen LogP contribution in [0.15, 0.2) is 77.7 Å². The molecule has 0 bridgehead atoms. The number of nitrogens with zero attached hydrogens (tertiary/aromatic N) is 2. The molecule has 0 unspecified atom stereocenters. The van der Waals surface area contributed by atoms with Gasteiger partial charge in [-0.2, -0.15) is 0 Å². The van der Waals surface area contributed by atoms with Crippen LogP contribution in [-0.4, -0.2) is 43.8 Å². The third-order valence-electron chi connectivity index (χ3n) is 7.62. The summed E-state index contributed by atoms with van der Waals surface area (Å²) in [6, 6.07) is 20.0. The van der Waals surface area contributed by atoms with Crippen LogP contribution in [0.3, 0.4) is 0 Å². The molecule has 9 heteroatoms. The number of benzene rings is 3. The molecule has 2 amide bonds. The Morgan fingerprint density at radius 3 is 2.27 bits per heavy atom. The van der Waals surface area contributed by atoms with Gasteiger partial charge in [0.1, 0.15) is 12.6 Å². The smallest absolute Gasteiger partial charge is 0.264 e. The zero-order valence-electron chi connectivity index (χ0n) is 23.8. The van der Waals surface area contributed by atoms with Crippen LogP contribution in [0.2, 0.25) is 5.02 Å². The van der Waals surface area contributed by atoms with E-state index in [9.17, 15) is 18.0 Å². The van der Waals surface area contributed by atoms with Crippen molar-refractivity contribution in [3.63, 3.8) is 0 Å². The van der Waals surface area contributed by atoms with E-state index in [0.717, 1.165) is 41.1 Å². The molecule has 0 saturated heterocycles. The SMILES string of the molecule is CC[C@@H](C(=O)NC1CCCC1)N(Cc1ccccc1Cl)C(=O)CN(c1ccc(C)cc1C)S(=O)(=O)c1ccccc1. The van der Waals surface area contributed by atoms with Crippen molar-refractivity contribution >= 4 is 39.1 Å². The standard InChI is InChI=1S/C32H38ClN3O4S/c1-4-29(32(38)34-26-13-9-10-14-26)35(21-25-12-8-11-17-28(25)33)31(37)22-36(30-19-18-23(2)20-24(30)3)41(39,40)27-15-6-5-7-16-27/h5-8,11-12,15-20,26,29H,4,9-10,13-14,21-22H2,1-3H3,(H,34,38)/t29-/m0/s1. The molecule has 0 spiro atoms. The molecule has 1 aliphatic carbocycles. The maximum Gasteiger partial charge on any atom is 0.264 e. The fourth-order valence-corrected chi connectivity index (χ4v) is 7.11. The number of rotatable bonds is 11. The summed E-state index contributed by atoms with van der Waals surface area (Å²) in [6.07, 6.45) is 4.31. The number of hydrogen-bond donors (Lipinski definition) is 1. The summed E-state index contributed by atoms with van der Waals surface area (Å²) in [7, 11) is -4.11. The number of carbonyl (C=O) groups excluding carboxylic acids is 2. The zero-order valence-corrected chi connectivity index (χ0v) is 25.4. The van der Waals surface area contributed by atoms with Gasteiger partial charge in [0.15, 0.2) is 0 Å². The quantitative estimate of drug-likeness (QED) is 0.294. The lowest BCUT2D eigenvalue weighted by Crippen LogP contribution is -2.53. The highest BCUT2D eigenvalue weighted by atomic mass is 35.5. The molecule has 3 aromatic carbocycles. The highest BCUT2D eigenvalue weighted by Gasteiger charge is 2.35. The van der Waals surface area contributed by atoms with Crippen molar-refractivity contribution in [1.29, 1.82) is 0 Å². The van der Waals surface area contributed by atoms with E-state index in [0.29, 0.717) is 22.7 Å². The van der Waals surface area contributed by atoms with Crippen molar-refractivity contribution in [2.24, 2.45) is 0 Å². The molecular formula is C32H38ClN3O4S. The van der Waals surface area contributed by atoms with Crippen molar-refractivity contribution in [3.8, 4) is 0 Å². The Kier molecular flexibility index (Phi) is 10.1. The molecule has 1 saturated carbocycles. The van der Waals surface area contributed by atoms with E-state index in [-0.39, 0.29) is 23.4 Å². The van der Waals surface area contributed by atoms with Gasteiger partial charge >= 0.3 is 0 Å². The minimum atomic E-state index is -4.11. The second-order valence-electron chi connectivity index (χ2n) is 10.6. The van der Waals surface area contributed by atoms with E-state index in [2.05, 4.69) is 5.32 Å². The first-order valence-electron chi connectivity index (χ1n) is 14.1. The predicted molar refractivity (Wildman–Crippen MR) is 163 cm³/mol. The molecule has 1 fully saturated rings. The largest absolute Gasteiger partial charge is 0.352 e. The zero-order chi connectivity index (χ0) is 29.6. The lowest BCUT2D eigenvalue weighted by Gasteiger charge is -2.34. The fraction of sp³-hybridized carbons (Fsp3) is 0.375. The predicted octanol–water partition coefficient (Wildman–Crippen LogP) is 6.02. The van der Waals surface area contributed by atoms with E-state index in [4.69, 9.17) is 11.6 Å². The molecule has 41 heavy (non-hydrogen) atoms. The number of halogens is 1. The summed E-state index contributed by atoms with van der Waals surface area (Å²) < 4.78 is 29.2. The average molecular weight is 596 g/mol. The maximum absolute atomic E-state index is 14.2. The second-order valence-corrected chi connectivity index (χ2v) is 12.9. The highest BCUT2D eigenvalue weighted by Crippen LogP contribution is 2.29. The molecule has 4 rings (SSSR count). The normalized spacial score (nSPS) is 14.4. The number of amides is 2. The maximum atomic E-state index is 14.2. The monoisotopic (exact) mass is 595 g/mol. The van der Waals surface area contributed by atoms with Gasteiger partial charge in [0.2, 0.25) is 11.8 Å². The van der Waals surface area contributed by atoms with Crippen LogP contribution in [0.4, 0.5) is 5.69 Å². The second kappa shape index (κ2) is 13.5. The van der Waals surface area contributed by atoms with Crippen LogP contribution in [0, 0.1) is 13.8 Å². The van der Waals surface area contributed by atoms with Gasteiger partial charge in [0.25, 0.3) is 10.0 Å². The van der Waals surface area contributed by atoms with Gasteiger partial charge in [-0.1, -0.05) is 85.5 Å². The number of hydrogen-bond acceptors (Lipinski definition) is 4. The Bertz CT molecular complexity index is 1470. The van der Waals surface area contributed by atoms with Gasteiger partial charge in [0.05, 0.1) is 10.6 Å². The Labute approximate surface area is 248 Å². The summed E-state index contributed by atoms with van der Waals surface area (Å²) in [6.45, 7) is 5.21. The van der Waals surface area contributed by atoms with Gasteiger partial charge < -0.3 is 10.2 Å². The van der Waals surface area contributed by atoms with Crippen molar-refractivity contribution in [3.05, 3.63) is 94.5 Å². The average Bonchev–Trinajstić information content (AvgIpc) is 3.46. The molecule has 1 aliphatic rings. The molecule has 0 radical (unpaired) electrons. The molecular weight excluding hydrogens is 558 g/mol. The van der Waals surface area contributed by atoms with E-state index in [1.165, 1.54) is 17.0 Å². The van der Waals surface area contributed by atoms with Crippen molar-refractivity contribution in [2.45, 2.75) is 76.4 Å². The fourth-order valence-electron chi connectivity index (χ4n) is 5.42. The van der Waals surface area contributed by atoms with Gasteiger partial charge in [-0.3, -0.25) is 13.9 Å². The van der Waals surface area contributed by atoms with E-state index in [1.807, 2.05) is 45.0 Å². The Morgan fingerprint density at radius 2 is 1.63 bits per heavy atom. The lowest BCUT2D eigenvalue weighted by atomic mass is 10.1. The van der Waals surface area contributed by atoms with Crippen LogP contribution >= 0.6 is 11.6 Å². The summed E-state index contributed by atoms with van der Waals surface area (Å²) >= 11 is 6.48. The molecule has 3 aromatic rings. The van der Waals surface area contributed by atoms with Crippen LogP contribution in [0.25, 0.3) is 0 Å². The molecule has 0 heterocycles.